The SMILES string of the molecule is Cn1nccc1CNS(=O)(=O)c1ccc(C(N)=S)s1. The minimum Gasteiger partial charge on any atom is -0.389 e. The Morgan fingerprint density at radius 1 is 1.53 bits per heavy atom. The van der Waals surface area contributed by atoms with Crippen LogP contribution >= 0.6 is 23.6 Å². The molecule has 0 aliphatic carbocycles. The molecule has 0 fully saturated rings. The van der Waals surface area contributed by atoms with Crippen molar-refractivity contribution in [3.05, 3.63) is 35.0 Å². The number of nitrogens with one attached hydrogen (secondary N) is 1. The summed E-state index contributed by atoms with van der Waals surface area (Å²) in [4.78, 5) is 0.772. The van der Waals surface area contributed by atoms with Crippen molar-refractivity contribution in [2.45, 2.75) is 10.8 Å². The largest absolute Gasteiger partial charge is 0.389 e. The van der Waals surface area contributed by atoms with Crippen LogP contribution in [0.25, 0.3) is 0 Å². The van der Waals surface area contributed by atoms with E-state index in [0.717, 1.165) is 17.0 Å². The normalized spacial score (nSPS) is 11.6. The maximum Gasteiger partial charge on any atom is 0.250 e. The molecule has 9 heteroatoms. The average Bonchev–Trinajstić information content (AvgIpc) is 2.95. The summed E-state index contributed by atoms with van der Waals surface area (Å²) in [5, 5.41) is 3.97. The van der Waals surface area contributed by atoms with Gasteiger partial charge in [-0.05, 0) is 18.2 Å². The summed E-state index contributed by atoms with van der Waals surface area (Å²) in [5.41, 5.74) is 6.23. The predicted molar refractivity (Wildman–Crippen MR) is 77.4 cm³/mol. The first-order chi connectivity index (χ1) is 8.90. The van der Waals surface area contributed by atoms with Crippen molar-refractivity contribution in [2.24, 2.45) is 12.8 Å². The summed E-state index contributed by atoms with van der Waals surface area (Å²) in [6.07, 6.45) is 1.61. The summed E-state index contributed by atoms with van der Waals surface area (Å²) < 4.78 is 28.4. The molecule has 0 bridgehead atoms. The quantitative estimate of drug-likeness (QED) is 0.788. The Hall–Kier alpha value is -1.29. The molecule has 102 valence electrons. The second-order valence-corrected chi connectivity index (χ2v) is 7.27. The van der Waals surface area contributed by atoms with Crippen molar-refractivity contribution in [1.29, 1.82) is 0 Å². The summed E-state index contributed by atoms with van der Waals surface area (Å²) in [6.45, 7) is 0.180. The first-order valence-electron chi connectivity index (χ1n) is 5.26. The van der Waals surface area contributed by atoms with Crippen molar-refractivity contribution in [3.8, 4) is 0 Å². The van der Waals surface area contributed by atoms with Gasteiger partial charge in [0.05, 0.1) is 17.1 Å². The average molecular weight is 316 g/mol. The molecule has 2 aromatic heterocycles. The van der Waals surface area contributed by atoms with Crippen LogP contribution in [-0.4, -0.2) is 23.2 Å². The molecule has 0 spiro atoms. The molecule has 0 unspecified atom stereocenters. The van der Waals surface area contributed by atoms with E-state index in [1.165, 1.54) is 6.07 Å². The fourth-order valence-corrected chi connectivity index (χ4v) is 3.81. The van der Waals surface area contributed by atoms with Crippen LogP contribution in [0.5, 0.6) is 0 Å². The molecule has 0 aliphatic rings. The van der Waals surface area contributed by atoms with Gasteiger partial charge in [-0.15, -0.1) is 11.3 Å². The summed E-state index contributed by atoms with van der Waals surface area (Å²) in [5.74, 6) is 0. The van der Waals surface area contributed by atoms with Crippen LogP contribution in [0.3, 0.4) is 0 Å². The van der Waals surface area contributed by atoms with Gasteiger partial charge >= 0.3 is 0 Å². The van der Waals surface area contributed by atoms with E-state index in [4.69, 9.17) is 18.0 Å². The van der Waals surface area contributed by atoms with E-state index in [2.05, 4.69) is 9.82 Å². The first kappa shape index (κ1) is 14.1. The third-order valence-corrected chi connectivity index (χ3v) is 5.82. The minimum atomic E-state index is -3.55. The number of thiophene rings is 1. The molecule has 0 aliphatic heterocycles. The lowest BCUT2D eigenvalue weighted by molar-refractivity contribution is 0.579. The molecule has 0 atom stereocenters. The molecule has 0 saturated heterocycles. The molecular weight excluding hydrogens is 304 g/mol. The van der Waals surface area contributed by atoms with Crippen molar-refractivity contribution in [3.63, 3.8) is 0 Å². The Bertz CT molecular complexity index is 702. The van der Waals surface area contributed by atoms with Gasteiger partial charge in [0.15, 0.2) is 0 Å². The Labute approximate surface area is 120 Å². The highest BCUT2D eigenvalue weighted by molar-refractivity contribution is 7.91. The van der Waals surface area contributed by atoms with Gasteiger partial charge in [0.2, 0.25) is 10.0 Å². The molecule has 0 saturated carbocycles. The molecule has 0 radical (unpaired) electrons. The molecule has 0 aromatic carbocycles. The van der Waals surface area contributed by atoms with Gasteiger partial charge in [0, 0.05) is 13.2 Å². The van der Waals surface area contributed by atoms with Crippen LogP contribution < -0.4 is 10.5 Å². The number of aromatic nitrogens is 2. The fraction of sp³-hybridized carbons (Fsp3) is 0.200. The summed E-state index contributed by atoms with van der Waals surface area (Å²) in [6, 6.07) is 4.84. The highest BCUT2D eigenvalue weighted by atomic mass is 32.2. The number of nitrogens with zero attached hydrogens (tertiary/aromatic N) is 2. The molecule has 0 amide bonds. The fourth-order valence-electron chi connectivity index (χ4n) is 1.41. The van der Waals surface area contributed by atoms with Crippen molar-refractivity contribution in [1.82, 2.24) is 14.5 Å². The number of hydrogen-bond acceptors (Lipinski definition) is 5. The third-order valence-electron chi connectivity index (χ3n) is 2.45. The van der Waals surface area contributed by atoms with E-state index < -0.39 is 10.0 Å². The maximum absolute atomic E-state index is 12.1. The second kappa shape index (κ2) is 5.37. The van der Waals surface area contributed by atoms with Crippen LogP contribution in [0.4, 0.5) is 0 Å². The smallest absolute Gasteiger partial charge is 0.250 e. The summed E-state index contributed by atoms with van der Waals surface area (Å²) in [7, 11) is -1.80. The lowest BCUT2D eigenvalue weighted by Crippen LogP contribution is -2.23. The lowest BCUT2D eigenvalue weighted by atomic mass is 10.4. The molecule has 19 heavy (non-hydrogen) atoms. The summed E-state index contributed by atoms with van der Waals surface area (Å²) >= 11 is 5.86. The molecule has 3 N–H and O–H groups in total. The van der Waals surface area contributed by atoms with E-state index in [-0.39, 0.29) is 15.7 Å². The van der Waals surface area contributed by atoms with Gasteiger partial charge in [0.25, 0.3) is 0 Å². The van der Waals surface area contributed by atoms with Crippen molar-refractivity contribution in [2.75, 3.05) is 0 Å². The van der Waals surface area contributed by atoms with Gasteiger partial charge in [-0.1, -0.05) is 12.2 Å². The molecule has 2 heterocycles. The third kappa shape index (κ3) is 3.18. The van der Waals surface area contributed by atoms with Gasteiger partial charge in [-0.25, -0.2) is 13.1 Å². The van der Waals surface area contributed by atoms with E-state index in [0.29, 0.717) is 4.88 Å². The van der Waals surface area contributed by atoms with Gasteiger partial charge in [-0.2, -0.15) is 5.10 Å². The Kier molecular flexibility index (Phi) is 3.99. The Morgan fingerprint density at radius 2 is 2.26 bits per heavy atom. The topological polar surface area (TPSA) is 90.0 Å². The zero-order chi connectivity index (χ0) is 14.0. The monoisotopic (exact) mass is 316 g/mol. The second-order valence-electron chi connectivity index (χ2n) is 3.75. The number of thiocarbonyl (C=S) groups is 1. The van der Waals surface area contributed by atoms with E-state index in [9.17, 15) is 8.42 Å². The molecule has 6 nitrogen and oxygen atoms in total. The van der Waals surface area contributed by atoms with Crippen molar-refractivity contribution >= 4 is 38.6 Å². The van der Waals surface area contributed by atoms with E-state index in [1.54, 1.807) is 30.1 Å². The number of hydrogen-bond donors (Lipinski definition) is 2. The lowest BCUT2D eigenvalue weighted by Gasteiger charge is -2.04. The van der Waals surface area contributed by atoms with Crippen LogP contribution in [-0.2, 0) is 23.6 Å². The number of sulfonamides is 1. The van der Waals surface area contributed by atoms with Gasteiger partial charge < -0.3 is 5.73 Å². The predicted octanol–water partition coefficient (Wildman–Crippen LogP) is 0.594. The van der Waals surface area contributed by atoms with E-state index >= 15 is 0 Å². The van der Waals surface area contributed by atoms with Crippen LogP contribution in [0, 0.1) is 0 Å². The maximum atomic E-state index is 12.1. The number of aryl methyl sites for hydroxylation is 1. The van der Waals surface area contributed by atoms with Gasteiger partial charge in [0.1, 0.15) is 9.20 Å². The molecule has 2 aromatic rings. The highest BCUT2D eigenvalue weighted by Gasteiger charge is 2.17. The minimum absolute atomic E-state index is 0.180. The Morgan fingerprint density at radius 3 is 2.79 bits per heavy atom. The van der Waals surface area contributed by atoms with Crippen LogP contribution in [0.15, 0.2) is 28.6 Å². The Balaban J connectivity index is 2.14. The van der Waals surface area contributed by atoms with E-state index in [1.807, 2.05) is 0 Å². The van der Waals surface area contributed by atoms with Crippen LogP contribution in [0.1, 0.15) is 10.6 Å². The van der Waals surface area contributed by atoms with Crippen LogP contribution in [0.2, 0.25) is 0 Å². The zero-order valence-electron chi connectivity index (χ0n) is 10.0. The standard InChI is InChI=1S/C10H12N4O2S3/c1-14-7(4-5-12-14)6-13-19(15,16)9-3-2-8(18-9)10(11)17/h2-5,13H,6H2,1H3,(H2,11,17). The molecule has 2 rings (SSSR count). The molecular formula is C10H12N4O2S3. The van der Waals surface area contributed by atoms with Crippen molar-refractivity contribution < 1.29 is 8.42 Å². The van der Waals surface area contributed by atoms with Gasteiger partial charge in [-0.3, -0.25) is 4.68 Å². The highest BCUT2D eigenvalue weighted by Crippen LogP contribution is 2.21. The zero-order valence-corrected chi connectivity index (χ0v) is 12.5. The first-order valence-corrected chi connectivity index (χ1v) is 7.97. The number of rotatable bonds is 5. The number of nitrogens with two attached hydrogens (primary N) is 1.